The zero-order valence-electron chi connectivity index (χ0n) is 10.7. The van der Waals surface area contributed by atoms with Crippen LogP contribution in [0.2, 0.25) is 0 Å². The van der Waals surface area contributed by atoms with Crippen molar-refractivity contribution in [3.05, 3.63) is 30.2 Å². The van der Waals surface area contributed by atoms with Gasteiger partial charge in [0.05, 0.1) is 6.54 Å². The predicted molar refractivity (Wildman–Crippen MR) is 71.6 cm³/mol. The monoisotopic (exact) mass is 246 g/mol. The highest BCUT2D eigenvalue weighted by molar-refractivity contribution is 5.41. The lowest BCUT2D eigenvalue weighted by molar-refractivity contribution is 0.637. The van der Waals surface area contributed by atoms with Gasteiger partial charge in [-0.3, -0.25) is 4.68 Å². The van der Waals surface area contributed by atoms with Gasteiger partial charge < -0.3 is 10.6 Å². The molecule has 2 aromatic heterocycles. The molecule has 0 bridgehead atoms. The van der Waals surface area contributed by atoms with E-state index in [9.17, 15) is 0 Å². The van der Waals surface area contributed by atoms with Crippen LogP contribution in [0.5, 0.6) is 0 Å². The molecule has 2 aromatic rings. The van der Waals surface area contributed by atoms with Crippen LogP contribution in [0.1, 0.15) is 12.6 Å². The van der Waals surface area contributed by atoms with Crippen molar-refractivity contribution in [2.45, 2.75) is 20.4 Å². The lowest BCUT2D eigenvalue weighted by atomic mass is 10.4. The molecule has 0 aliphatic rings. The maximum Gasteiger partial charge on any atom is 0.224 e. The Bertz CT molecular complexity index is 479. The minimum Gasteiger partial charge on any atom is -0.368 e. The van der Waals surface area contributed by atoms with E-state index >= 15 is 0 Å². The van der Waals surface area contributed by atoms with Crippen LogP contribution in [0.15, 0.2) is 24.5 Å². The highest BCUT2D eigenvalue weighted by Crippen LogP contribution is 2.09. The molecule has 6 heteroatoms. The normalized spacial score (nSPS) is 10.3. The van der Waals surface area contributed by atoms with Crippen LogP contribution in [0.4, 0.5) is 11.8 Å². The van der Waals surface area contributed by atoms with Crippen LogP contribution in [-0.2, 0) is 6.54 Å². The summed E-state index contributed by atoms with van der Waals surface area (Å²) in [6.07, 6.45) is 3.72. The van der Waals surface area contributed by atoms with Crippen LogP contribution >= 0.6 is 0 Å². The van der Waals surface area contributed by atoms with Crippen molar-refractivity contribution in [2.24, 2.45) is 0 Å². The zero-order valence-corrected chi connectivity index (χ0v) is 10.7. The van der Waals surface area contributed by atoms with Gasteiger partial charge >= 0.3 is 0 Å². The molecule has 0 radical (unpaired) electrons. The average Bonchev–Trinajstić information content (AvgIpc) is 2.82. The van der Waals surface area contributed by atoms with Crippen molar-refractivity contribution in [3.63, 3.8) is 0 Å². The minimum absolute atomic E-state index is 0.666. The Labute approximate surface area is 106 Å². The largest absolute Gasteiger partial charge is 0.368 e. The van der Waals surface area contributed by atoms with E-state index in [1.54, 1.807) is 6.20 Å². The second kappa shape index (κ2) is 6.00. The highest BCUT2D eigenvalue weighted by atomic mass is 15.3. The Morgan fingerprint density at radius 3 is 2.89 bits per heavy atom. The first-order valence-electron chi connectivity index (χ1n) is 6.09. The molecular formula is C12H18N6. The number of hydrogen-bond acceptors (Lipinski definition) is 5. The van der Waals surface area contributed by atoms with E-state index in [4.69, 9.17) is 0 Å². The number of nitrogens with one attached hydrogen (secondary N) is 2. The van der Waals surface area contributed by atoms with Gasteiger partial charge in [0.1, 0.15) is 5.82 Å². The second-order valence-electron chi connectivity index (χ2n) is 3.94. The van der Waals surface area contributed by atoms with E-state index < -0.39 is 0 Å². The van der Waals surface area contributed by atoms with Gasteiger partial charge in [-0.15, -0.1) is 0 Å². The number of nitrogens with zero attached hydrogens (tertiary/aromatic N) is 4. The molecule has 96 valence electrons. The predicted octanol–water partition coefficient (Wildman–Crippen LogP) is 1.53. The minimum atomic E-state index is 0.666. The van der Waals surface area contributed by atoms with E-state index in [1.165, 1.54) is 0 Å². The van der Waals surface area contributed by atoms with Crippen molar-refractivity contribution in [1.82, 2.24) is 19.7 Å². The van der Waals surface area contributed by atoms with Gasteiger partial charge in [0.2, 0.25) is 5.95 Å². The molecule has 0 aliphatic carbocycles. The summed E-state index contributed by atoms with van der Waals surface area (Å²) < 4.78 is 1.88. The molecule has 0 unspecified atom stereocenters. The van der Waals surface area contributed by atoms with Crippen LogP contribution in [0.3, 0.4) is 0 Å². The zero-order chi connectivity index (χ0) is 12.8. The fraction of sp³-hybridized carbons (Fsp3) is 0.417. The topological polar surface area (TPSA) is 67.7 Å². The highest BCUT2D eigenvalue weighted by Gasteiger charge is 2.00. The van der Waals surface area contributed by atoms with Gasteiger partial charge in [-0.05, 0) is 19.9 Å². The first kappa shape index (κ1) is 12.3. The molecule has 18 heavy (non-hydrogen) atoms. The molecule has 0 saturated heterocycles. The molecule has 6 nitrogen and oxygen atoms in total. The lowest BCUT2D eigenvalue weighted by Crippen LogP contribution is -2.13. The summed E-state index contributed by atoms with van der Waals surface area (Å²) in [6.45, 7) is 6.39. The second-order valence-corrected chi connectivity index (χ2v) is 3.94. The summed E-state index contributed by atoms with van der Waals surface area (Å²) >= 11 is 0. The number of aromatic nitrogens is 4. The molecule has 0 amide bonds. The number of rotatable bonds is 6. The summed E-state index contributed by atoms with van der Waals surface area (Å²) in [7, 11) is 0. The van der Waals surface area contributed by atoms with Crippen LogP contribution in [0, 0.1) is 6.92 Å². The molecule has 0 aromatic carbocycles. The summed E-state index contributed by atoms with van der Waals surface area (Å²) in [5.41, 5.74) is 0.947. The Hall–Kier alpha value is -2.11. The molecular weight excluding hydrogens is 228 g/mol. The van der Waals surface area contributed by atoms with Gasteiger partial charge in [-0.1, -0.05) is 0 Å². The van der Waals surface area contributed by atoms with Gasteiger partial charge in [-0.25, -0.2) is 4.98 Å². The van der Waals surface area contributed by atoms with Gasteiger partial charge in [0.15, 0.2) is 0 Å². The summed E-state index contributed by atoms with van der Waals surface area (Å²) in [4.78, 5) is 8.68. The SMILES string of the molecule is CCNc1nc(C)cc(NCCn2cccn2)n1. The smallest absolute Gasteiger partial charge is 0.224 e. The molecule has 2 rings (SSSR count). The number of aryl methyl sites for hydroxylation is 1. The fourth-order valence-corrected chi connectivity index (χ4v) is 1.63. The van der Waals surface area contributed by atoms with E-state index in [1.807, 2.05) is 36.9 Å². The molecule has 0 fully saturated rings. The number of anilines is 2. The Morgan fingerprint density at radius 2 is 2.17 bits per heavy atom. The maximum atomic E-state index is 4.38. The summed E-state index contributed by atoms with van der Waals surface area (Å²) in [6, 6.07) is 3.85. The van der Waals surface area contributed by atoms with Crippen molar-refractivity contribution < 1.29 is 0 Å². The molecule has 0 atom stereocenters. The van der Waals surface area contributed by atoms with E-state index in [2.05, 4.69) is 25.7 Å². The van der Waals surface area contributed by atoms with Crippen molar-refractivity contribution >= 4 is 11.8 Å². The van der Waals surface area contributed by atoms with Crippen molar-refractivity contribution in [3.8, 4) is 0 Å². The van der Waals surface area contributed by atoms with Crippen LogP contribution < -0.4 is 10.6 Å². The average molecular weight is 246 g/mol. The van der Waals surface area contributed by atoms with E-state index in [0.29, 0.717) is 5.95 Å². The summed E-state index contributed by atoms with van der Waals surface area (Å²) in [5.74, 6) is 1.50. The fourth-order valence-electron chi connectivity index (χ4n) is 1.63. The Balaban J connectivity index is 1.92. The van der Waals surface area contributed by atoms with Crippen LogP contribution in [0.25, 0.3) is 0 Å². The lowest BCUT2D eigenvalue weighted by Gasteiger charge is -2.09. The van der Waals surface area contributed by atoms with Gasteiger partial charge in [0.25, 0.3) is 0 Å². The quantitative estimate of drug-likeness (QED) is 0.809. The van der Waals surface area contributed by atoms with Gasteiger partial charge in [0, 0.05) is 37.2 Å². The van der Waals surface area contributed by atoms with Gasteiger partial charge in [-0.2, -0.15) is 10.1 Å². The Kier molecular flexibility index (Phi) is 4.11. The maximum absolute atomic E-state index is 4.38. The van der Waals surface area contributed by atoms with Crippen molar-refractivity contribution in [1.29, 1.82) is 0 Å². The molecule has 2 heterocycles. The Morgan fingerprint density at radius 1 is 1.28 bits per heavy atom. The standard InChI is InChI=1S/C12H18N6/c1-3-13-12-16-10(2)9-11(17-12)14-6-8-18-7-4-5-15-18/h4-5,7,9H,3,6,8H2,1-2H3,(H2,13,14,16,17). The number of hydrogen-bond donors (Lipinski definition) is 2. The van der Waals surface area contributed by atoms with Crippen molar-refractivity contribution in [2.75, 3.05) is 23.7 Å². The van der Waals surface area contributed by atoms with E-state index in [0.717, 1.165) is 31.1 Å². The first-order valence-corrected chi connectivity index (χ1v) is 6.09. The third-order valence-corrected chi connectivity index (χ3v) is 2.40. The van der Waals surface area contributed by atoms with Crippen LogP contribution in [-0.4, -0.2) is 32.8 Å². The molecule has 0 aliphatic heterocycles. The third kappa shape index (κ3) is 3.44. The third-order valence-electron chi connectivity index (χ3n) is 2.40. The molecule has 2 N–H and O–H groups in total. The first-order chi connectivity index (χ1) is 8.78. The summed E-state index contributed by atoms with van der Waals surface area (Å²) in [5, 5.41) is 10.5. The molecule has 0 spiro atoms. The van der Waals surface area contributed by atoms with E-state index in [-0.39, 0.29) is 0 Å². The molecule has 0 saturated carbocycles.